The molecule has 1 aromatic heterocycles. The predicted molar refractivity (Wildman–Crippen MR) is 82.2 cm³/mol. The maximum atomic E-state index is 13.8. The van der Waals surface area contributed by atoms with Gasteiger partial charge in [-0.25, -0.2) is 4.39 Å². The Hall–Kier alpha value is -2.35. The van der Waals surface area contributed by atoms with Crippen LogP contribution in [0, 0.1) is 5.82 Å². The minimum atomic E-state index is -4.54. The van der Waals surface area contributed by atoms with E-state index in [4.69, 9.17) is 10.2 Å². The number of furan rings is 1. The number of hydrogen-bond acceptors (Lipinski definition) is 3. The standard InChI is InChI=1S/C17H16F4N2O2/c18-12-4-2-1-3-11(12)13-6-7-14(25-13)16(24)23-9-10(22)5-8-15(23)17(19,20)21/h1-4,6-7,10,15H,5,8-9,22H2/t10-,15+/m1/s1. The normalized spacial score (nSPS) is 21.4. The third-order valence-corrected chi connectivity index (χ3v) is 4.21. The Kier molecular flexibility index (Phi) is 4.55. The summed E-state index contributed by atoms with van der Waals surface area (Å²) in [6.45, 7) is -0.210. The monoisotopic (exact) mass is 356 g/mol. The minimum Gasteiger partial charge on any atom is -0.451 e. The number of hydrogen-bond donors (Lipinski definition) is 1. The van der Waals surface area contributed by atoms with Crippen molar-refractivity contribution in [2.24, 2.45) is 5.73 Å². The summed E-state index contributed by atoms with van der Waals surface area (Å²) in [6.07, 6.45) is -4.61. The molecule has 25 heavy (non-hydrogen) atoms. The second-order valence-electron chi connectivity index (χ2n) is 6.00. The predicted octanol–water partition coefficient (Wildman–Crippen LogP) is 3.58. The number of nitrogens with zero attached hydrogens (tertiary/aromatic N) is 1. The Morgan fingerprint density at radius 1 is 1.16 bits per heavy atom. The van der Waals surface area contributed by atoms with E-state index in [0.717, 1.165) is 0 Å². The molecule has 1 fully saturated rings. The smallest absolute Gasteiger partial charge is 0.408 e. The van der Waals surface area contributed by atoms with Crippen LogP contribution in [-0.4, -0.2) is 35.6 Å². The van der Waals surface area contributed by atoms with Gasteiger partial charge in [0.1, 0.15) is 17.6 Å². The fraction of sp³-hybridized carbons (Fsp3) is 0.353. The van der Waals surface area contributed by atoms with E-state index >= 15 is 0 Å². The van der Waals surface area contributed by atoms with Crippen LogP contribution < -0.4 is 5.73 Å². The summed E-state index contributed by atoms with van der Waals surface area (Å²) >= 11 is 0. The lowest BCUT2D eigenvalue weighted by Gasteiger charge is -2.38. The number of benzene rings is 1. The van der Waals surface area contributed by atoms with Gasteiger partial charge in [-0.1, -0.05) is 12.1 Å². The maximum Gasteiger partial charge on any atom is 0.408 e. The van der Waals surface area contributed by atoms with Crippen LogP contribution in [0.5, 0.6) is 0 Å². The lowest BCUT2D eigenvalue weighted by Crippen LogP contribution is -2.56. The first-order valence-corrected chi connectivity index (χ1v) is 7.75. The number of rotatable bonds is 2. The second kappa shape index (κ2) is 6.51. The van der Waals surface area contributed by atoms with Crippen molar-refractivity contribution in [3.8, 4) is 11.3 Å². The number of carbonyl (C=O) groups excluding carboxylic acids is 1. The fourth-order valence-electron chi connectivity index (χ4n) is 2.96. The van der Waals surface area contributed by atoms with Gasteiger partial charge in [0.25, 0.3) is 5.91 Å². The maximum absolute atomic E-state index is 13.8. The largest absolute Gasteiger partial charge is 0.451 e. The SMILES string of the molecule is N[C@@H]1CC[C@@H](C(F)(F)F)N(C(=O)c2ccc(-c3ccccc3F)o2)C1. The van der Waals surface area contributed by atoms with Gasteiger partial charge in [0.15, 0.2) is 5.76 Å². The Morgan fingerprint density at radius 3 is 2.56 bits per heavy atom. The van der Waals surface area contributed by atoms with Crippen molar-refractivity contribution in [2.45, 2.75) is 31.1 Å². The number of amides is 1. The lowest BCUT2D eigenvalue weighted by molar-refractivity contribution is -0.184. The Bertz CT molecular complexity index is 772. The van der Waals surface area contributed by atoms with E-state index in [1.54, 1.807) is 6.07 Å². The van der Waals surface area contributed by atoms with Gasteiger partial charge >= 0.3 is 6.18 Å². The van der Waals surface area contributed by atoms with Crippen molar-refractivity contribution >= 4 is 5.91 Å². The topological polar surface area (TPSA) is 59.5 Å². The van der Waals surface area contributed by atoms with Gasteiger partial charge in [-0.15, -0.1) is 0 Å². The molecule has 0 unspecified atom stereocenters. The molecule has 0 aliphatic carbocycles. The van der Waals surface area contributed by atoms with Gasteiger partial charge in [0.2, 0.25) is 0 Å². The number of nitrogens with two attached hydrogens (primary N) is 1. The van der Waals surface area contributed by atoms with Gasteiger partial charge in [0, 0.05) is 12.6 Å². The molecule has 8 heteroatoms. The molecule has 0 spiro atoms. The first kappa shape index (κ1) is 17.5. The average Bonchev–Trinajstić information content (AvgIpc) is 3.03. The van der Waals surface area contributed by atoms with E-state index in [-0.39, 0.29) is 36.5 Å². The van der Waals surface area contributed by atoms with E-state index in [2.05, 4.69) is 0 Å². The van der Waals surface area contributed by atoms with Crippen LogP contribution in [0.1, 0.15) is 23.4 Å². The van der Waals surface area contributed by atoms with Crippen molar-refractivity contribution in [3.63, 3.8) is 0 Å². The number of alkyl halides is 3. The zero-order valence-electron chi connectivity index (χ0n) is 13.1. The van der Waals surface area contributed by atoms with Crippen molar-refractivity contribution in [2.75, 3.05) is 6.54 Å². The van der Waals surface area contributed by atoms with E-state index < -0.39 is 30.0 Å². The Balaban J connectivity index is 1.88. The van der Waals surface area contributed by atoms with Crippen LogP contribution in [-0.2, 0) is 0 Å². The van der Waals surface area contributed by atoms with Gasteiger partial charge in [0.05, 0.1) is 5.56 Å². The van der Waals surface area contributed by atoms with Crippen molar-refractivity contribution in [1.29, 1.82) is 0 Å². The van der Waals surface area contributed by atoms with Crippen molar-refractivity contribution in [1.82, 2.24) is 4.90 Å². The van der Waals surface area contributed by atoms with Gasteiger partial charge in [-0.2, -0.15) is 13.2 Å². The summed E-state index contributed by atoms with van der Waals surface area (Å²) in [5.74, 6) is -1.66. The van der Waals surface area contributed by atoms with Crippen LogP contribution in [0.3, 0.4) is 0 Å². The molecule has 1 aliphatic heterocycles. The summed E-state index contributed by atoms with van der Waals surface area (Å²) in [4.78, 5) is 13.2. The summed E-state index contributed by atoms with van der Waals surface area (Å²) in [7, 11) is 0. The van der Waals surface area contributed by atoms with Crippen molar-refractivity contribution in [3.05, 3.63) is 48.0 Å². The molecule has 0 bridgehead atoms. The molecule has 1 saturated heterocycles. The Labute approximate surface area is 141 Å². The first-order valence-electron chi connectivity index (χ1n) is 7.75. The summed E-state index contributed by atoms with van der Waals surface area (Å²) in [5, 5.41) is 0. The molecule has 2 N–H and O–H groups in total. The molecule has 134 valence electrons. The van der Waals surface area contributed by atoms with Crippen LogP contribution in [0.15, 0.2) is 40.8 Å². The molecule has 2 atom stereocenters. The zero-order valence-corrected chi connectivity index (χ0v) is 13.1. The molecule has 1 aliphatic rings. The fourth-order valence-corrected chi connectivity index (χ4v) is 2.96. The molecule has 0 saturated carbocycles. The molecule has 0 radical (unpaired) electrons. The van der Waals surface area contributed by atoms with Crippen LogP contribution in [0.4, 0.5) is 17.6 Å². The Morgan fingerprint density at radius 2 is 1.88 bits per heavy atom. The highest BCUT2D eigenvalue weighted by Crippen LogP contribution is 2.33. The summed E-state index contributed by atoms with van der Waals surface area (Å²) < 4.78 is 58.7. The van der Waals surface area contributed by atoms with Gasteiger partial charge in [-0.3, -0.25) is 4.79 Å². The highest BCUT2D eigenvalue weighted by molar-refractivity contribution is 5.92. The van der Waals surface area contributed by atoms with Crippen LogP contribution >= 0.6 is 0 Å². The molecule has 3 rings (SSSR count). The van der Waals surface area contributed by atoms with E-state index in [1.165, 1.54) is 30.3 Å². The molecule has 1 aromatic carbocycles. The number of piperidine rings is 1. The molecular formula is C17H16F4N2O2. The highest BCUT2D eigenvalue weighted by atomic mass is 19.4. The molecule has 4 nitrogen and oxygen atoms in total. The van der Waals surface area contributed by atoms with E-state index in [0.29, 0.717) is 4.90 Å². The van der Waals surface area contributed by atoms with E-state index in [9.17, 15) is 22.4 Å². The average molecular weight is 356 g/mol. The number of likely N-dealkylation sites (tertiary alicyclic amines) is 1. The molecular weight excluding hydrogens is 340 g/mol. The first-order chi connectivity index (χ1) is 11.8. The number of carbonyl (C=O) groups is 1. The molecule has 1 amide bonds. The quantitative estimate of drug-likeness (QED) is 0.837. The van der Waals surface area contributed by atoms with Gasteiger partial charge in [-0.05, 0) is 37.1 Å². The van der Waals surface area contributed by atoms with Crippen LogP contribution in [0.25, 0.3) is 11.3 Å². The zero-order chi connectivity index (χ0) is 18.2. The highest BCUT2D eigenvalue weighted by Gasteiger charge is 2.48. The number of halogens is 4. The summed E-state index contributed by atoms with van der Waals surface area (Å²) in [6, 6.07) is 5.95. The third-order valence-electron chi connectivity index (χ3n) is 4.21. The van der Waals surface area contributed by atoms with Gasteiger partial charge < -0.3 is 15.1 Å². The molecule has 2 aromatic rings. The van der Waals surface area contributed by atoms with Crippen molar-refractivity contribution < 1.29 is 26.8 Å². The lowest BCUT2D eigenvalue weighted by atomic mass is 9.98. The second-order valence-corrected chi connectivity index (χ2v) is 6.00. The third kappa shape index (κ3) is 3.53. The van der Waals surface area contributed by atoms with Crippen LogP contribution in [0.2, 0.25) is 0 Å². The summed E-state index contributed by atoms with van der Waals surface area (Å²) in [5.41, 5.74) is 5.85. The molecule has 2 heterocycles. The minimum absolute atomic E-state index is 0.0753. The van der Waals surface area contributed by atoms with E-state index in [1.807, 2.05) is 0 Å².